The van der Waals surface area contributed by atoms with Crippen LogP contribution in [0.4, 0.5) is 0 Å². The molecule has 5 nitrogen and oxygen atoms in total. The SMILES string of the molecule is COCCCNC(=O)CSc1nn(-c2ccccc2)c(=S)s1. The summed E-state index contributed by atoms with van der Waals surface area (Å²) in [6, 6.07) is 9.73. The Kier molecular flexibility index (Phi) is 7.04. The minimum atomic E-state index is -0.00603. The monoisotopic (exact) mass is 355 g/mol. The van der Waals surface area contributed by atoms with Crippen molar-refractivity contribution in [1.29, 1.82) is 0 Å². The summed E-state index contributed by atoms with van der Waals surface area (Å²) in [5, 5.41) is 7.30. The molecule has 0 fully saturated rings. The van der Waals surface area contributed by atoms with Crippen molar-refractivity contribution in [3.8, 4) is 5.69 Å². The van der Waals surface area contributed by atoms with Crippen LogP contribution in [0.25, 0.3) is 5.69 Å². The van der Waals surface area contributed by atoms with Gasteiger partial charge in [0.15, 0.2) is 8.29 Å². The van der Waals surface area contributed by atoms with Crippen molar-refractivity contribution in [2.45, 2.75) is 10.8 Å². The van der Waals surface area contributed by atoms with Gasteiger partial charge in [0.05, 0.1) is 11.4 Å². The minimum Gasteiger partial charge on any atom is -0.385 e. The minimum absolute atomic E-state index is 0.00603. The number of nitrogens with one attached hydrogen (secondary N) is 1. The first-order valence-electron chi connectivity index (χ1n) is 6.74. The fourth-order valence-electron chi connectivity index (χ4n) is 1.67. The highest BCUT2D eigenvalue weighted by Gasteiger charge is 2.08. The summed E-state index contributed by atoms with van der Waals surface area (Å²) in [5.74, 6) is 0.331. The number of benzene rings is 1. The van der Waals surface area contributed by atoms with Gasteiger partial charge in [-0.15, -0.1) is 5.10 Å². The van der Waals surface area contributed by atoms with E-state index in [9.17, 15) is 4.79 Å². The highest BCUT2D eigenvalue weighted by atomic mass is 32.2. The molecular weight excluding hydrogens is 338 g/mol. The van der Waals surface area contributed by atoms with E-state index in [-0.39, 0.29) is 5.91 Å². The first kappa shape index (κ1) is 17.1. The smallest absolute Gasteiger partial charge is 0.230 e. The van der Waals surface area contributed by atoms with Gasteiger partial charge in [-0.05, 0) is 30.8 Å². The molecule has 22 heavy (non-hydrogen) atoms. The summed E-state index contributed by atoms with van der Waals surface area (Å²) >= 11 is 8.14. The third kappa shape index (κ3) is 5.20. The van der Waals surface area contributed by atoms with Gasteiger partial charge in [0.2, 0.25) is 5.91 Å². The van der Waals surface area contributed by atoms with Crippen LogP contribution in [0.1, 0.15) is 6.42 Å². The van der Waals surface area contributed by atoms with E-state index in [0.29, 0.717) is 22.9 Å². The summed E-state index contributed by atoms with van der Waals surface area (Å²) in [5.41, 5.74) is 0.930. The van der Waals surface area contributed by atoms with E-state index in [1.807, 2.05) is 30.3 Å². The Bertz CT molecular complexity index is 655. The van der Waals surface area contributed by atoms with Crippen molar-refractivity contribution in [1.82, 2.24) is 15.1 Å². The van der Waals surface area contributed by atoms with Gasteiger partial charge in [-0.2, -0.15) is 0 Å². The maximum Gasteiger partial charge on any atom is 0.230 e. The summed E-state index contributed by atoms with van der Waals surface area (Å²) in [6.45, 7) is 1.28. The number of para-hydroxylation sites is 1. The van der Waals surface area contributed by atoms with Crippen molar-refractivity contribution in [3.05, 3.63) is 34.3 Å². The fourth-order valence-corrected chi connectivity index (χ4v) is 3.87. The van der Waals surface area contributed by atoms with Crippen molar-refractivity contribution in [2.24, 2.45) is 0 Å². The molecule has 1 amide bonds. The van der Waals surface area contributed by atoms with E-state index < -0.39 is 0 Å². The van der Waals surface area contributed by atoms with Gasteiger partial charge >= 0.3 is 0 Å². The van der Waals surface area contributed by atoms with Gasteiger partial charge in [-0.25, -0.2) is 4.68 Å². The number of ether oxygens (including phenoxy) is 1. The topological polar surface area (TPSA) is 56.1 Å². The van der Waals surface area contributed by atoms with Crippen molar-refractivity contribution in [2.75, 3.05) is 26.0 Å². The molecular formula is C14H17N3O2S3. The molecule has 2 aromatic rings. The van der Waals surface area contributed by atoms with Crippen LogP contribution in [-0.4, -0.2) is 41.7 Å². The Morgan fingerprint density at radius 2 is 2.23 bits per heavy atom. The largest absolute Gasteiger partial charge is 0.385 e. The van der Waals surface area contributed by atoms with E-state index in [1.165, 1.54) is 23.1 Å². The Labute approximate surface area is 142 Å². The molecule has 0 radical (unpaired) electrons. The highest BCUT2D eigenvalue weighted by molar-refractivity contribution is 8.01. The predicted octanol–water partition coefficient (Wildman–Crippen LogP) is 2.91. The van der Waals surface area contributed by atoms with E-state index in [2.05, 4.69) is 10.4 Å². The van der Waals surface area contributed by atoms with Crippen molar-refractivity contribution in [3.63, 3.8) is 0 Å². The molecule has 0 atom stereocenters. The number of nitrogens with zero attached hydrogens (tertiary/aromatic N) is 2. The normalized spacial score (nSPS) is 10.6. The van der Waals surface area contributed by atoms with Crippen LogP contribution in [0.3, 0.4) is 0 Å². The van der Waals surface area contributed by atoms with Gasteiger partial charge in [-0.1, -0.05) is 41.3 Å². The number of carbonyl (C=O) groups excluding carboxylic acids is 1. The molecule has 8 heteroatoms. The Hall–Kier alpha value is -1.22. The van der Waals surface area contributed by atoms with Crippen LogP contribution in [-0.2, 0) is 9.53 Å². The molecule has 1 heterocycles. The molecule has 0 aliphatic carbocycles. The van der Waals surface area contributed by atoms with Crippen molar-refractivity contribution >= 4 is 41.2 Å². The molecule has 0 bridgehead atoms. The maximum absolute atomic E-state index is 11.7. The van der Waals surface area contributed by atoms with Gasteiger partial charge < -0.3 is 10.1 Å². The zero-order valence-electron chi connectivity index (χ0n) is 12.2. The quantitative estimate of drug-likeness (QED) is 0.448. The van der Waals surface area contributed by atoms with E-state index in [0.717, 1.165) is 16.4 Å². The molecule has 0 saturated heterocycles. The van der Waals surface area contributed by atoms with Gasteiger partial charge in [0.1, 0.15) is 0 Å². The zero-order chi connectivity index (χ0) is 15.8. The highest BCUT2D eigenvalue weighted by Crippen LogP contribution is 2.23. The molecule has 1 N–H and O–H groups in total. The van der Waals surface area contributed by atoms with Crippen molar-refractivity contribution < 1.29 is 9.53 Å². The van der Waals surface area contributed by atoms with E-state index in [4.69, 9.17) is 17.0 Å². The Balaban J connectivity index is 1.87. The standard InChI is InChI=1S/C14H17N3O2S3/c1-19-9-5-8-15-12(18)10-21-13-16-17(14(20)22-13)11-6-3-2-4-7-11/h2-4,6-7H,5,8-10H2,1H3,(H,15,18). The number of hydrogen-bond acceptors (Lipinski definition) is 6. The average Bonchev–Trinajstić information content (AvgIpc) is 2.91. The number of amides is 1. The van der Waals surface area contributed by atoms with Crippen LogP contribution < -0.4 is 5.32 Å². The molecule has 0 spiro atoms. The molecule has 0 aliphatic rings. The van der Waals surface area contributed by atoms with Crippen LogP contribution in [0.15, 0.2) is 34.7 Å². The molecule has 0 saturated carbocycles. The van der Waals surface area contributed by atoms with Gasteiger partial charge in [-0.3, -0.25) is 4.79 Å². The lowest BCUT2D eigenvalue weighted by Gasteiger charge is -2.03. The number of aromatic nitrogens is 2. The summed E-state index contributed by atoms with van der Waals surface area (Å²) in [6.07, 6.45) is 0.814. The average molecular weight is 356 g/mol. The summed E-state index contributed by atoms with van der Waals surface area (Å²) in [7, 11) is 1.65. The molecule has 1 aromatic carbocycles. The first-order valence-corrected chi connectivity index (χ1v) is 8.96. The second-order valence-corrected chi connectivity index (χ2v) is 7.21. The summed E-state index contributed by atoms with van der Waals surface area (Å²) in [4.78, 5) is 11.7. The summed E-state index contributed by atoms with van der Waals surface area (Å²) < 4.78 is 8.12. The number of methoxy groups -OCH3 is 1. The second-order valence-electron chi connectivity index (χ2n) is 4.37. The second kappa shape index (κ2) is 9.04. The lowest BCUT2D eigenvalue weighted by Crippen LogP contribution is -2.26. The van der Waals surface area contributed by atoms with Gasteiger partial charge in [0.25, 0.3) is 0 Å². The van der Waals surface area contributed by atoms with Crippen LogP contribution >= 0.6 is 35.3 Å². The molecule has 0 unspecified atom stereocenters. The first-order chi connectivity index (χ1) is 10.7. The molecule has 0 aliphatic heterocycles. The number of carbonyl (C=O) groups is 1. The third-order valence-corrected chi connectivity index (χ3v) is 5.07. The zero-order valence-corrected chi connectivity index (χ0v) is 14.6. The Morgan fingerprint density at radius 3 is 2.95 bits per heavy atom. The van der Waals surface area contributed by atoms with Crippen LogP contribution in [0.5, 0.6) is 0 Å². The predicted molar refractivity (Wildman–Crippen MR) is 92.5 cm³/mol. The third-order valence-electron chi connectivity index (χ3n) is 2.70. The fraction of sp³-hybridized carbons (Fsp3) is 0.357. The Morgan fingerprint density at radius 1 is 1.45 bits per heavy atom. The molecule has 2 rings (SSSR count). The number of hydrogen-bond donors (Lipinski definition) is 1. The molecule has 118 valence electrons. The lowest BCUT2D eigenvalue weighted by molar-refractivity contribution is -0.118. The van der Waals surface area contributed by atoms with Crippen LogP contribution in [0.2, 0.25) is 0 Å². The molecule has 1 aromatic heterocycles. The maximum atomic E-state index is 11.7. The van der Waals surface area contributed by atoms with Crippen LogP contribution in [0, 0.1) is 3.95 Å². The lowest BCUT2D eigenvalue weighted by atomic mass is 10.3. The van der Waals surface area contributed by atoms with E-state index in [1.54, 1.807) is 11.8 Å². The number of thioether (sulfide) groups is 1. The number of rotatable bonds is 8. The van der Waals surface area contributed by atoms with Gasteiger partial charge in [0, 0.05) is 20.3 Å². The van der Waals surface area contributed by atoms with E-state index >= 15 is 0 Å².